The van der Waals surface area contributed by atoms with Crippen LogP contribution < -0.4 is 26.6 Å². The van der Waals surface area contributed by atoms with Gasteiger partial charge in [-0.3, -0.25) is 18.5 Å². The van der Waals surface area contributed by atoms with Crippen molar-refractivity contribution in [3.05, 3.63) is 62.8 Å². The molecule has 186 valence electrons. The molecule has 0 radical (unpaired) electrons. The predicted octanol–water partition coefficient (Wildman–Crippen LogP) is 2.06. The van der Waals surface area contributed by atoms with E-state index in [4.69, 9.17) is 15.5 Å². The van der Waals surface area contributed by atoms with Crippen LogP contribution in [0.25, 0.3) is 21.9 Å². The third-order valence-corrected chi connectivity index (χ3v) is 6.89. The summed E-state index contributed by atoms with van der Waals surface area (Å²) < 4.78 is 10.1. The van der Waals surface area contributed by atoms with Gasteiger partial charge in [-0.15, -0.1) is 5.92 Å². The second-order valence-corrected chi connectivity index (χ2v) is 9.15. The summed E-state index contributed by atoms with van der Waals surface area (Å²) in [4.78, 5) is 34.2. The fourth-order valence-electron chi connectivity index (χ4n) is 5.06. The van der Waals surface area contributed by atoms with Crippen LogP contribution in [-0.2, 0) is 20.1 Å². The van der Waals surface area contributed by atoms with E-state index < -0.39 is 5.69 Å². The standard InChI is InChI=1S/C27H30N6O3/c1-4-5-15-32-23-24(29-26(32)31-14-8-9-19(28)17-31)30(2)27(35)33(25(23)34)16-18-12-13-22(36-3)21-11-7-6-10-20(18)21/h6-7,10-13,19H,8-9,14-17,28H2,1-3H3. The van der Waals surface area contributed by atoms with Crippen LogP contribution in [0.1, 0.15) is 25.3 Å². The number of benzene rings is 2. The molecular weight excluding hydrogens is 456 g/mol. The second-order valence-electron chi connectivity index (χ2n) is 9.15. The van der Waals surface area contributed by atoms with Crippen LogP contribution in [0, 0.1) is 11.8 Å². The quantitative estimate of drug-likeness (QED) is 0.434. The molecule has 1 aliphatic heterocycles. The number of hydrogen-bond acceptors (Lipinski definition) is 6. The van der Waals surface area contributed by atoms with Gasteiger partial charge in [0.1, 0.15) is 5.75 Å². The van der Waals surface area contributed by atoms with Crippen molar-refractivity contribution in [1.29, 1.82) is 0 Å². The molecule has 0 spiro atoms. The highest BCUT2D eigenvalue weighted by molar-refractivity contribution is 5.91. The maximum absolute atomic E-state index is 13.9. The van der Waals surface area contributed by atoms with Crippen molar-refractivity contribution in [2.75, 3.05) is 25.1 Å². The Hall–Kier alpha value is -4.03. The summed E-state index contributed by atoms with van der Waals surface area (Å²) in [6, 6.07) is 11.6. The van der Waals surface area contributed by atoms with Crippen molar-refractivity contribution < 1.29 is 4.74 Å². The Morgan fingerprint density at radius 3 is 2.64 bits per heavy atom. The van der Waals surface area contributed by atoms with E-state index in [-0.39, 0.29) is 18.1 Å². The van der Waals surface area contributed by atoms with Crippen molar-refractivity contribution in [2.45, 2.75) is 38.9 Å². The van der Waals surface area contributed by atoms with Crippen molar-refractivity contribution in [3.8, 4) is 17.6 Å². The van der Waals surface area contributed by atoms with Crippen molar-refractivity contribution >= 4 is 27.9 Å². The minimum absolute atomic E-state index is 0.0353. The van der Waals surface area contributed by atoms with E-state index in [0.29, 0.717) is 30.2 Å². The molecule has 4 aromatic rings. The van der Waals surface area contributed by atoms with E-state index in [2.05, 4.69) is 16.7 Å². The summed E-state index contributed by atoms with van der Waals surface area (Å²) in [7, 11) is 3.28. The molecule has 0 bridgehead atoms. The van der Waals surface area contributed by atoms with Crippen LogP contribution in [0.3, 0.4) is 0 Å². The Kier molecular flexibility index (Phi) is 6.29. The highest BCUT2D eigenvalue weighted by Gasteiger charge is 2.26. The van der Waals surface area contributed by atoms with Crippen LogP contribution in [0.2, 0.25) is 0 Å². The molecule has 2 aromatic carbocycles. The van der Waals surface area contributed by atoms with Crippen molar-refractivity contribution in [1.82, 2.24) is 18.7 Å². The molecule has 5 rings (SSSR count). The molecule has 1 aliphatic rings. The zero-order valence-corrected chi connectivity index (χ0v) is 20.8. The Balaban J connectivity index is 1.71. The third kappa shape index (κ3) is 3.93. The maximum Gasteiger partial charge on any atom is 0.332 e. The number of rotatable bonds is 5. The van der Waals surface area contributed by atoms with E-state index in [0.717, 1.165) is 41.5 Å². The minimum atomic E-state index is -0.416. The summed E-state index contributed by atoms with van der Waals surface area (Å²) in [6.07, 6.45) is 1.89. The van der Waals surface area contributed by atoms with Crippen molar-refractivity contribution in [3.63, 3.8) is 0 Å². The van der Waals surface area contributed by atoms with Crippen LogP contribution in [0.15, 0.2) is 46.0 Å². The number of nitrogens with two attached hydrogens (primary N) is 1. The third-order valence-electron chi connectivity index (χ3n) is 6.89. The molecule has 1 fully saturated rings. The number of aryl methyl sites for hydroxylation is 1. The van der Waals surface area contributed by atoms with E-state index in [1.807, 2.05) is 41.0 Å². The Labute approximate surface area is 208 Å². The number of ether oxygens (including phenoxy) is 1. The van der Waals surface area contributed by atoms with Crippen LogP contribution in [-0.4, -0.2) is 44.9 Å². The predicted molar refractivity (Wildman–Crippen MR) is 142 cm³/mol. The van der Waals surface area contributed by atoms with Gasteiger partial charge in [-0.2, -0.15) is 4.98 Å². The molecule has 9 nitrogen and oxygen atoms in total. The molecule has 1 saturated heterocycles. The molecule has 2 N–H and O–H groups in total. The van der Waals surface area contributed by atoms with E-state index in [1.165, 1.54) is 9.13 Å². The number of piperidine rings is 1. The number of nitrogens with zero attached hydrogens (tertiary/aromatic N) is 5. The Bertz CT molecular complexity index is 1640. The smallest absolute Gasteiger partial charge is 0.332 e. The molecule has 3 heterocycles. The summed E-state index contributed by atoms with van der Waals surface area (Å²) in [6.45, 7) is 3.62. The topological polar surface area (TPSA) is 100 Å². The maximum atomic E-state index is 13.9. The fraction of sp³-hybridized carbons (Fsp3) is 0.370. The lowest BCUT2D eigenvalue weighted by Gasteiger charge is -2.31. The minimum Gasteiger partial charge on any atom is -0.496 e. The van der Waals surface area contributed by atoms with E-state index in [1.54, 1.807) is 21.1 Å². The molecular formula is C27H30N6O3. The number of imidazole rings is 1. The average Bonchev–Trinajstić information content (AvgIpc) is 3.28. The van der Waals surface area contributed by atoms with Gasteiger partial charge in [0.2, 0.25) is 5.95 Å². The van der Waals surface area contributed by atoms with Gasteiger partial charge in [0.05, 0.1) is 20.2 Å². The van der Waals surface area contributed by atoms with Gasteiger partial charge in [0, 0.05) is 31.6 Å². The van der Waals surface area contributed by atoms with Gasteiger partial charge in [-0.25, -0.2) is 4.79 Å². The summed E-state index contributed by atoms with van der Waals surface area (Å²) in [5.74, 6) is 7.34. The van der Waals surface area contributed by atoms with Gasteiger partial charge in [0.15, 0.2) is 11.2 Å². The SMILES string of the molecule is CC#CCn1c(N2CCCC(N)C2)nc2c1c(=O)n(Cc1ccc(OC)c3ccccc13)c(=O)n2C. The highest BCUT2D eigenvalue weighted by Crippen LogP contribution is 2.29. The largest absolute Gasteiger partial charge is 0.496 e. The lowest BCUT2D eigenvalue weighted by molar-refractivity contribution is 0.419. The summed E-state index contributed by atoms with van der Waals surface area (Å²) in [5.41, 5.74) is 7.01. The molecule has 36 heavy (non-hydrogen) atoms. The average molecular weight is 487 g/mol. The number of aromatic nitrogens is 4. The normalized spacial score (nSPS) is 15.8. The number of anilines is 1. The lowest BCUT2D eigenvalue weighted by Crippen LogP contribution is -2.44. The summed E-state index contributed by atoms with van der Waals surface area (Å²) >= 11 is 0. The van der Waals surface area contributed by atoms with Gasteiger partial charge in [-0.1, -0.05) is 36.3 Å². The molecule has 0 aliphatic carbocycles. The Morgan fingerprint density at radius 1 is 1.14 bits per heavy atom. The molecule has 2 aromatic heterocycles. The first-order valence-electron chi connectivity index (χ1n) is 12.1. The lowest BCUT2D eigenvalue weighted by atomic mass is 10.0. The Morgan fingerprint density at radius 2 is 1.92 bits per heavy atom. The second kappa shape index (κ2) is 9.55. The van der Waals surface area contributed by atoms with Gasteiger partial charge >= 0.3 is 5.69 Å². The van der Waals surface area contributed by atoms with Gasteiger partial charge < -0.3 is 15.4 Å². The van der Waals surface area contributed by atoms with Crippen LogP contribution in [0.5, 0.6) is 5.75 Å². The van der Waals surface area contributed by atoms with E-state index >= 15 is 0 Å². The zero-order chi connectivity index (χ0) is 25.4. The van der Waals surface area contributed by atoms with Crippen molar-refractivity contribution in [2.24, 2.45) is 12.8 Å². The van der Waals surface area contributed by atoms with Crippen LogP contribution in [0.4, 0.5) is 5.95 Å². The molecule has 9 heteroatoms. The number of fused-ring (bicyclic) bond motifs is 2. The fourth-order valence-corrected chi connectivity index (χ4v) is 5.06. The molecule has 1 atom stereocenters. The monoisotopic (exact) mass is 486 g/mol. The van der Waals surface area contributed by atoms with Crippen LogP contribution >= 0.6 is 0 Å². The number of methoxy groups -OCH3 is 1. The van der Waals surface area contributed by atoms with Gasteiger partial charge in [-0.05, 0) is 36.8 Å². The number of hydrogen-bond donors (Lipinski definition) is 1. The first-order valence-corrected chi connectivity index (χ1v) is 12.1. The van der Waals surface area contributed by atoms with Gasteiger partial charge in [0.25, 0.3) is 5.56 Å². The first-order chi connectivity index (χ1) is 17.4. The first kappa shape index (κ1) is 23.7. The molecule has 0 saturated carbocycles. The molecule has 0 amide bonds. The molecule has 1 unspecified atom stereocenters. The zero-order valence-electron chi connectivity index (χ0n) is 20.8. The van der Waals surface area contributed by atoms with E-state index in [9.17, 15) is 9.59 Å². The highest BCUT2D eigenvalue weighted by atomic mass is 16.5. The summed E-state index contributed by atoms with van der Waals surface area (Å²) in [5, 5.41) is 1.86.